The lowest BCUT2D eigenvalue weighted by Gasteiger charge is -2.02. The number of benzene rings is 1. The van der Waals surface area contributed by atoms with E-state index in [2.05, 4.69) is 20.2 Å². The molecule has 0 unspecified atom stereocenters. The van der Waals surface area contributed by atoms with Crippen LogP contribution in [0, 0.1) is 5.82 Å². The van der Waals surface area contributed by atoms with Gasteiger partial charge in [-0.25, -0.2) is 9.37 Å². The van der Waals surface area contributed by atoms with Gasteiger partial charge in [-0.3, -0.25) is 5.10 Å². The number of aromatic amines is 1. The molecule has 0 saturated carbocycles. The number of hydrogen-bond acceptors (Lipinski definition) is 3. The van der Waals surface area contributed by atoms with Crippen LogP contribution in [0.3, 0.4) is 0 Å². The summed E-state index contributed by atoms with van der Waals surface area (Å²) in [5.74, 6) is -0.294. The van der Waals surface area contributed by atoms with Crippen LogP contribution in [0.2, 0.25) is 5.28 Å². The predicted molar refractivity (Wildman–Crippen MR) is 62.1 cm³/mol. The Morgan fingerprint density at radius 1 is 1.12 bits per heavy atom. The molecule has 84 valence electrons. The lowest BCUT2D eigenvalue weighted by Crippen LogP contribution is -1.89. The molecular weight excluding hydrogens is 243 g/mol. The van der Waals surface area contributed by atoms with Gasteiger partial charge in [0.15, 0.2) is 5.65 Å². The second-order valence-electron chi connectivity index (χ2n) is 3.48. The summed E-state index contributed by atoms with van der Waals surface area (Å²) in [7, 11) is 0. The summed E-state index contributed by atoms with van der Waals surface area (Å²) in [4.78, 5) is 8.15. The van der Waals surface area contributed by atoms with Crippen molar-refractivity contribution in [3.8, 4) is 11.3 Å². The fourth-order valence-corrected chi connectivity index (χ4v) is 1.80. The van der Waals surface area contributed by atoms with E-state index < -0.39 is 0 Å². The average molecular weight is 249 g/mol. The monoisotopic (exact) mass is 248 g/mol. The number of H-pyrrole nitrogens is 1. The second-order valence-corrected chi connectivity index (χ2v) is 3.82. The third kappa shape index (κ3) is 1.74. The number of rotatable bonds is 1. The zero-order valence-electron chi connectivity index (χ0n) is 8.48. The standard InChI is InChI=1S/C11H6ClFN4/c12-11-15-9(6-1-3-7(13)4-2-6)8-5-14-17-10(8)16-11/h1-5H,(H,14,15,16,17). The minimum Gasteiger partial charge on any atom is -0.261 e. The van der Waals surface area contributed by atoms with Gasteiger partial charge in [0, 0.05) is 5.56 Å². The summed E-state index contributed by atoms with van der Waals surface area (Å²) in [5.41, 5.74) is 1.96. The van der Waals surface area contributed by atoms with Gasteiger partial charge in [-0.2, -0.15) is 10.1 Å². The minimum absolute atomic E-state index is 0.126. The fraction of sp³-hybridized carbons (Fsp3) is 0. The molecule has 0 aliphatic rings. The van der Waals surface area contributed by atoms with Crippen LogP contribution in [0.4, 0.5) is 4.39 Å². The van der Waals surface area contributed by atoms with Gasteiger partial charge in [0.1, 0.15) is 5.82 Å². The van der Waals surface area contributed by atoms with Crippen molar-refractivity contribution >= 4 is 22.6 Å². The highest BCUT2D eigenvalue weighted by atomic mass is 35.5. The van der Waals surface area contributed by atoms with E-state index in [1.54, 1.807) is 18.3 Å². The SMILES string of the molecule is Fc1ccc(-c2nc(Cl)nc3[nH]ncc23)cc1. The molecule has 0 fully saturated rings. The molecule has 0 aliphatic heterocycles. The number of hydrogen-bond donors (Lipinski definition) is 1. The van der Waals surface area contributed by atoms with Gasteiger partial charge in [-0.15, -0.1) is 0 Å². The molecule has 1 N–H and O–H groups in total. The third-order valence-electron chi connectivity index (χ3n) is 2.40. The van der Waals surface area contributed by atoms with Crippen molar-refractivity contribution < 1.29 is 4.39 Å². The number of nitrogens with one attached hydrogen (secondary N) is 1. The highest BCUT2D eigenvalue weighted by Gasteiger charge is 2.10. The van der Waals surface area contributed by atoms with Crippen molar-refractivity contribution in [2.24, 2.45) is 0 Å². The van der Waals surface area contributed by atoms with Crippen molar-refractivity contribution in [2.75, 3.05) is 0 Å². The second kappa shape index (κ2) is 3.78. The Bertz CT molecular complexity index is 678. The van der Waals surface area contributed by atoms with E-state index in [0.29, 0.717) is 11.3 Å². The molecule has 0 saturated heterocycles. The topological polar surface area (TPSA) is 54.5 Å². The van der Waals surface area contributed by atoms with E-state index in [0.717, 1.165) is 10.9 Å². The van der Waals surface area contributed by atoms with Crippen LogP contribution in [-0.2, 0) is 0 Å². The molecule has 0 atom stereocenters. The molecule has 0 radical (unpaired) electrons. The van der Waals surface area contributed by atoms with E-state index in [-0.39, 0.29) is 11.1 Å². The first-order valence-electron chi connectivity index (χ1n) is 4.86. The molecule has 0 aliphatic carbocycles. The number of aromatic nitrogens is 4. The van der Waals surface area contributed by atoms with E-state index in [1.165, 1.54) is 12.1 Å². The van der Waals surface area contributed by atoms with Crippen molar-refractivity contribution in [2.45, 2.75) is 0 Å². The number of fused-ring (bicyclic) bond motifs is 1. The van der Waals surface area contributed by atoms with Gasteiger partial charge in [0.05, 0.1) is 17.3 Å². The molecule has 3 rings (SSSR count). The Balaban J connectivity index is 2.28. The van der Waals surface area contributed by atoms with Crippen LogP contribution in [0.15, 0.2) is 30.5 Å². The van der Waals surface area contributed by atoms with E-state index in [1.807, 2.05) is 0 Å². The molecular formula is C11H6ClFN4. The smallest absolute Gasteiger partial charge is 0.224 e. The largest absolute Gasteiger partial charge is 0.261 e. The van der Waals surface area contributed by atoms with Crippen molar-refractivity contribution in [1.82, 2.24) is 20.2 Å². The molecule has 0 bridgehead atoms. The van der Waals surface area contributed by atoms with Crippen LogP contribution >= 0.6 is 11.6 Å². The van der Waals surface area contributed by atoms with Crippen LogP contribution in [0.5, 0.6) is 0 Å². The first kappa shape index (κ1) is 10.2. The zero-order valence-corrected chi connectivity index (χ0v) is 9.24. The van der Waals surface area contributed by atoms with Crippen molar-refractivity contribution in [3.05, 3.63) is 41.6 Å². The van der Waals surface area contributed by atoms with Crippen LogP contribution in [0.1, 0.15) is 0 Å². The number of nitrogens with zero attached hydrogens (tertiary/aromatic N) is 3. The maximum atomic E-state index is 12.9. The fourth-order valence-electron chi connectivity index (χ4n) is 1.64. The molecule has 0 amide bonds. The molecule has 6 heteroatoms. The lowest BCUT2D eigenvalue weighted by molar-refractivity contribution is 0.628. The Kier molecular flexibility index (Phi) is 2.26. The maximum Gasteiger partial charge on any atom is 0.224 e. The highest BCUT2D eigenvalue weighted by molar-refractivity contribution is 6.28. The summed E-state index contributed by atoms with van der Waals surface area (Å²) in [5, 5.41) is 7.49. The quantitative estimate of drug-likeness (QED) is 0.674. The molecule has 0 spiro atoms. The van der Waals surface area contributed by atoms with E-state index in [9.17, 15) is 4.39 Å². The summed E-state index contributed by atoms with van der Waals surface area (Å²) in [6.45, 7) is 0. The summed E-state index contributed by atoms with van der Waals surface area (Å²) in [6, 6.07) is 6.02. The normalized spacial score (nSPS) is 10.9. The Morgan fingerprint density at radius 2 is 1.88 bits per heavy atom. The van der Waals surface area contributed by atoms with Gasteiger partial charge < -0.3 is 0 Å². The van der Waals surface area contributed by atoms with Gasteiger partial charge >= 0.3 is 0 Å². The minimum atomic E-state index is -0.294. The molecule has 3 aromatic rings. The molecule has 2 heterocycles. The lowest BCUT2D eigenvalue weighted by atomic mass is 10.1. The van der Waals surface area contributed by atoms with Crippen LogP contribution < -0.4 is 0 Å². The molecule has 17 heavy (non-hydrogen) atoms. The third-order valence-corrected chi connectivity index (χ3v) is 2.57. The van der Waals surface area contributed by atoms with Crippen LogP contribution in [0.25, 0.3) is 22.3 Å². The van der Waals surface area contributed by atoms with Gasteiger partial charge in [0.2, 0.25) is 5.28 Å². The van der Waals surface area contributed by atoms with E-state index >= 15 is 0 Å². The predicted octanol–water partition coefficient (Wildman–Crippen LogP) is 2.81. The zero-order chi connectivity index (χ0) is 11.8. The van der Waals surface area contributed by atoms with Gasteiger partial charge in [0.25, 0.3) is 0 Å². The summed E-state index contributed by atoms with van der Waals surface area (Å²) >= 11 is 5.82. The van der Waals surface area contributed by atoms with Crippen molar-refractivity contribution in [3.63, 3.8) is 0 Å². The van der Waals surface area contributed by atoms with Crippen molar-refractivity contribution in [1.29, 1.82) is 0 Å². The first-order valence-corrected chi connectivity index (χ1v) is 5.24. The molecule has 4 nitrogen and oxygen atoms in total. The Morgan fingerprint density at radius 3 is 2.65 bits per heavy atom. The maximum absolute atomic E-state index is 12.9. The van der Waals surface area contributed by atoms with Crippen LogP contribution in [-0.4, -0.2) is 20.2 Å². The summed E-state index contributed by atoms with van der Waals surface area (Å²) < 4.78 is 12.9. The van der Waals surface area contributed by atoms with Gasteiger partial charge in [-0.05, 0) is 35.9 Å². The average Bonchev–Trinajstić information content (AvgIpc) is 2.77. The first-order chi connectivity index (χ1) is 8.24. The summed E-state index contributed by atoms with van der Waals surface area (Å²) in [6.07, 6.45) is 1.62. The Hall–Kier alpha value is -2.01. The molecule has 1 aromatic carbocycles. The molecule has 2 aromatic heterocycles. The highest BCUT2D eigenvalue weighted by Crippen LogP contribution is 2.25. The Labute approximate surface area is 100 Å². The van der Waals surface area contributed by atoms with Gasteiger partial charge in [-0.1, -0.05) is 0 Å². The van der Waals surface area contributed by atoms with E-state index in [4.69, 9.17) is 11.6 Å². The number of halogens is 2.